The number of rotatable bonds is 4. The quantitative estimate of drug-likeness (QED) is 0.712. The Hall–Kier alpha value is -3.41. The predicted octanol–water partition coefficient (Wildman–Crippen LogP) is 2.96. The topological polar surface area (TPSA) is 76.0 Å². The number of aromatic nitrogens is 2. The van der Waals surface area contributed by atoms with Crippen LogP contribution in [0.1, 0.15) is 24.2 Å². The van der Waals surface area contributed by atoms with Gasteiger partial charge in [-0.25, -0.2) is 4.68 Å². The van der Waals surface area contributed by atoms with Crippen LogP contribution >= 0.6 is 0 Å². The molecule has 0 spiro atoms. The second-order valence-electron chi connectivity index (χ2n) is 6.14. The summed E-state index contributed by atoms with van der Waals surface area (Å²) >= 11 is 0. The van der Waals surface area contributed by atoms with Crippen molar-refractivity contribution < 1.29 is 9.59 Å². The van der Waals surface area contributed by atoms with E-state index in [9.17, 15) is 9.59 Å². The van der Waals surface area contributed by atoms with Crippen molar-refractivity contribution in [2.45, 2.75) is 13.8 Å². The molecule has 2 aromatic carbocycles. The zero-order chi connectivity index (χ0) is 18.5. The van der Waals surface area contributed by atoms with Crippen molar-refractivity contribution in [2.24, 2.45) is 5.92 Å². The van der Waals surface area contributed by atoms with Crippen LogP contribution in [0.15, 0.2) is 66.9 Å². The Bertz CT molecular complexity index is 902. The Morgan fingerprint density at radius 2 is 1.54 bits per heavy atom. The van der Waals surface area contributed by atoms with E-state index >= 15 is 0 Å². The first-order chi connectivity index (χ1) is 12.6. The Balaban J connectivity index is 1.96. The van der Waals surface area contributed by atoms with Crippen LogP contribution in [-0.4, -0.2) is 21.6 Å². The van der Waals surface area contributed by atoms with Gasteiger partial charge >= 0.3 is 0 Å². The number of benzene rings is 2. The molecule has 0 radical (unpaired) electrons. The summed E-state index contributed by atoms with van der Waals surface area (Å²) in [6.45, 7) is 3.51. The van der Waals surface area contributed by atoms with Crippen LogP contribution in [0.2, 0.25) is 0 Å². The minimum Gasteiger partial charge on any atom is -0.273 e. The lowest BCUT2D eigenvalue weighted by atomic mass is 10.1. The zero-order valence-electron chi connectivity index (χ0n) is 14.6. The molecular weight excluding hydrogens is 328 g/mol. The Kier molecular flexibility index (Phi) is 5.12. The highest BCUT2D eigenvalue weighted by Crippen LogP contribution is 2.23. The largest absolute Gasteiger partial charge is 0.273 e. The summed E-state index contributed by atoms with van der Waals surface area (Å²) in [5.74, 6) is -0.897. The van der Waals surface area contributed by atoms with Gasteiger partial charge in [0, 0.05) is 17.7 Å². The van der Waals surface area contributed by atoms with E-state index in [4.69, 9.17) is 0 Å². The lowest BCUT2D eigenvalue weighted by Crippen LogP contribution is -2.43. The smallest absolute Gasteiger partial charge is 0.273 e. The number of hydrogen-bond donors (Lipinski definition) is 2. The van der Waals surface area contributed by atoms with Gasteiger partial charge in [0.1, 0.15) is 5.69 Å². The van der Waals surface area contributed by atoms with Crippen LogP contribution < -0.4 is 10.9 Å². The molecule has 0 saturated heterocycles. The first kappa shape index (κ1) is 17.4. The third kappa shape index (κ3) is 3.80. The van der Waals surface area contributed by atoms with E-state index in [0.717, 1.165) is 11.3 Å². The summed E-state index contributed by atoms with van der Waals surface area (Å²) in [7, 11) is 0. The molecule has 0 unspecified atom stereocenters. The molecular formula is C20H20N4O2. The highest BCUT2D eigenvalue weighted by atomic mass is 16.2. The number of nitrogens with zero attached hydrogens (tertiary/aromatic N) is 2. The molecule has 0 atom stereocenters. The minimum absolute atomic E-state index is 0.226. The number of amides is 2. The number of hydrazine groups is 1. The van der Waals surface area contributed by atoms with Crippen LogP contribution in [0.4, 0.5) is 0 Å². The summed E-state index contributed by atoms with van der Waals surface area (Å²) in [5.41, 5.74) is 7.49. The van der Waals surface area contributed by atoms with E-state index in [0.29, 0.717) is 11.3 Å². The van der Waals surface area contributed by atoms with Crippen molar-refractivity contribution in [1.82, 2.24) is 20.6 Å². The van der Waals surface area contributed by atoms with Gasteiger partial charge in [-0.05, 0) is 12.1 Å². The maximum absolute atomic E-state index is 12.6. The Morgan fingerprint density at radius 3 is 2.15 bits per heavy atom. The van der Waals surface area contributed by atoms with E-state index in [1.54, 1.807) is 24.7 Å². The standard InChI is InChI=1S/C20H20N4O2/c1-14(2)19(25)21-22-20(26)17-13-24(16-11-7-4-8-12-16)23-18(17)15-9-5-3-6-10-15/h3-14H,1-2H3,(H,21,25)(H,22,26). The van der Waals surface area contributed by atoms with Gasteiger partial charge in [-0.2, -0.15) is 5.10 Å². The summed E-state index contributed by atoms with van der Waals surface area (Å²) in [6.07, 6.45) is 1.66. The zero-order valence-corrected chi connectivity index (χ0v) is 14.6. The summed E-state index contributed by atoms with van der Waals surface area (Å²) in [6, 6.07) is 19.0. The average Bonchev–Trinajstić information content (AvgIpc) is 3.12. The summed E-state index contributed by atoms with van der Waals surface area (Å²) < 4.78 is 1.65. The van der Waals surface area contributed by atoms with Crippen LogP contribution in [0.3, 0.4) is 0 Å². The third-order valence-corrected chi connectivity index (χ3v) is 3.85. The van der Waals surface area contributed by atoms with Crippen molar-refractivity contribution in [2.75, 3.05) is 0 Å². The molecule has 0 fully saturated rings. The van der Waals surface area contributed by atoms with E-state index in [-0.39, 0.29) is 11.8 Å². The molecule has 3 aromatic rings. The number of nitrogens with one attached hydrogen (secondary N) is 2. The third-order valence-electron chi connectivity index (χ3n) is 3.85. The molecule has 0 aliphatic heterocycles. The molecule has 0 aliphatic rings. The summed E-state index contributed by atoms with van der Waals surface area (Å²) in [5, 5.41) is 4.58. The fourth-order valence-electron chi connectivity index (χ4n) is 2.39. The molecule has 3 rings (SSSR count). The first-order valence-electron chi connectivity index (χ1n) is 8.37. The maximum atomic E-state index is 12.6. The molecule has 0 saturated carbocycles. The molecule has 0 aliphatic carbocycles. The normalized spacial score (nSPS) is 10.6. The summed E-state index contributed by atoms with van der Waals surface area (Å²) in [4.78, 5) is 24.3. The molecule has 0 bridgehead atoms. The number of carbonyl (C=O) groups excluding carboxylic acids is 2. The fourth-order valence-corrected chi connectivity index (χ4v) is 2.39. The second kappa shape index (κ2) is 7.65. The van der Waals surface area contributed by atoms with Crippen molar-refractivity contribution in [3.8, 4) is 16.9 Å². The number of hydrogen-bond acceptors (Lipinski definition) is 3. The van der Waals surface area contributed by atoms with Crippen molar-refractivity contribution in [3.63, 3.8) is 0 Å². The van der Waals surface area contributed by atoms with Crippen LogP contribution in [0, 0.1) is 5.92 Å². The van der Waals surface area contributed by atoms with Crippen molar-refractivity contribution in [3.05, 3.63) is 72.4 Å². The number of para-hydroxylation sites is 1. The van der Waals surface area contributed by atoms with Crippen LogP contribution in [-0.2, 0) is 4.79 Å². The van der Waals surface area contributed by atoms with E-state index in [1.165, 1.54) is 0 Å². The minimum atomic E-state index is -0.417. The first-order valence-corrected chi connectivity index (χ1v) is 8.37. The van der Waals surface area contributed by atoms with Gasteiger partial charge in [0.25, 0.3) is 5.91 Å². The monoisotopic (exact) mass is 348 g/mol. The molecule has 6 heteroatoms. The molecule has 132 valence electrons. The lowest BCUT2D eigenvalue weighted by Gasteiger charge is -2.09. The highest BCUT2D eigenvalue weighted by molar-refractivity contribution is 6.00. The van der Waals surface area contributed by atoms with Crippen molar-refractivity contribution in [1.29, 1.82) is 0 Å². The van der Waals surface area contributed by atoms with Gasteiger partial charge in [-0.15, -0.1) is 0 Å². The van der Waals surface area contributed by atoms with E-state index < -0.39 is 5.91 Å². The van der Waals surface area contributed by atoms with Gasteiger partial charge in [-0.3, -0.25) is 20.4 Å². The molecule has 2 amide bonds. The second-order valence-corrected chi connectivity index (χ2v) is 6.14. The van der Waals surface area contributed by atoms with E-state index in [1.807, 2.05) is 60.7 Å². The van der Waals surface area contributed by atoms with Gasteiger partial charge in [0.15, 0.2) is 0 Å². The maximum Gasteiger partial charge on any atom is 0.273 e. The SMILES string of the molecule is CC(C)C(=O)NNC(=O)c1cn(-c2ccccc2)nc1-c1ccccc1. The predicted molar refractivity (Wildman–Crippen MR) is 99.4 cm³/mol. The molecule has 2 N–H and O–H groups in total. The molecule has 1 heterocycles. The molecule has 6 nitrogen and oxygen atoms in total. The fraction of sp³-hybridized carbons (Fsp3) is 0.150. The Labute approximate surface area is 151 Å². The molecule has 1 aromatic heterocycles. The van der Waals surface area contributed by atoms with Gasteiger partial charge in [0.2, 0.25) is 5.91 Å². The van der Waals surface area contributed by atoms with Gasteiger partial charge in [-0.1, -0.05) is 62.4 Å². The highest BCUT2D eigenvalue weighted by Gasteiger charge is 2.19. The van der Waals surface area contributed by atoms with Gasteiger partial charge < -0.3 is 0 Å². The Morgan fingerprint density at radius 1 is 0.923 bits per heavy atom. The van der Waals surface area contributed by atoms with Crippen molar-refractivity contribution >= 4 is 11.8 Å². The lowest BCUT2D eigenvalue weighted by molar-refractivity contribution is -0.124. The van der Waals surface area contributed by atoms with Crippen LogP contribution in [0.5, 0.6) is 0 Å². The number of carbonyl (C=O) groups is 2. The van der Waals surface area contributed by atoms with E-state index in [2.05, 4.69) is 16.0 Å². The van der Waals surface area contributed by atoms with Gasteiger partial charge in [0.05, 0.1) is 11.3 Å². The average molecular weight is 348 g/mol. The molecule has 26 heavy (non-hydrogen) atoms. The van der Waals surface area contributed by atoms with Crippen LogP contribution in [0.25, 0.3) is 16.9 Å².